The summed E-state index contributed by atoms with van der Waals surface area (Å²) < 4.78 is 50.2. The first-order chi connectivity index (χ1) is 24.6. The number of carbonyl (C=O) groups excluding carboxylic acids is 1. The fourth-order valence-electron chi connectivity index (χ4n) is 5.62. The van der Waals surface area contributed by atoms with Crippen LogP contribution in [-0.4, -0.2) is 70.6 Å². The van der Waals surface area contributed by atoms with Crippen LogP contribution in [0.1, 0.15) is 35.6 Å². The standard InChI is InChI=1S/C37H39Cl2N3O8S/c1-47-29-14-16-33(48-2)26(23-29)17-19-40-42-36(44)37(18-22-51(45,46)30-7-4-3-5-8-30)34(31-15-11-27(38)24-32(31)39)50-35(41-37)25-9-12-28(13-10-25)49-21-6-20-43/h3-5,7-16,23-24,34,40,43H,6,17-22H2,1-2H3,(H,42,44)/t34-,37-/m0/s1. The Kier molecular flexibility index (Phi) is 12.8. The highest BCUT2D eigenvalue weighted by Gasteiger charge is 2.54. The molecule has 0 bridgehead atoms. The van der Waals surface area contributed by atoms with Gasteiger partial charge in [-0.2, -0.15) is 0 Å². The number of rotatable bonds is 17. The van der Waals surface area contributed by atoms with Crippen molar-refractivity contribution in [2.75, 3.05) is 39.7 Å². The van der Waals surface area contributed by atoms with Crippen molar-refractivity contribution in [3.8, 4) is 17.2 Å². The van der Waals surface area contributed by atoms with Crippen LogP contribution in [0.25, 0.3) is 0 Å². The van der Waals surface area contributed by atoms with Crippen molar-refractivity contribution in [1.82, 2.24) is 10.9 Å². The summed E-state index contributed by atoms with van der Waals surface area (Å²) in [7, 11) is -0.709. The van der Waals surface area contributed by atoms with Crippen molar-refractivity contribution < 1.29 is 37.3 Å². The third kappa shape index (κ3) is 9.13. The molecule has 1 aliphatic heterocycles. The van der Waals surface area contributed by atoms with Crippen molar-refractivity contribution in [2.45, 2.75) is 35.8 Å². The van der Waals surface area contributed by atoms with Crippen LogP contribution in [0.5, 0.6) is 17.2 Å². The van der Waals surface area contributed by atoms with Gasteiger partial charge in [-0.05, 0) is 78.7 Å². The fraction of sp³-hybridized carbons (Fsp3) is 0.297. The molecule has 14 heteroatoms. The number of hydrogen-bond donors (Lipinski definition) is 3. The van der Waals surface area contributed by atoms with Gasteiger partial charge in [0, 0.05) is 47.2 Å². The number of carbonyl (C=O) groups is 1. The van der Waals surface area contributed by atoms with Crippen LogP contribution in [-0.2, 0) is 25.8 Å². The Labute approximate surface area is 307 Å². The van der Waals surface area contributed by atoms with Gasteiger partial charge in [0.05, 0.1) is 31.5 Å². The maximum atomic E-state index is 14.5. The number of hydrogen-bond acceptors (Lipinski definition) is 10. The van der Waals surface area contributed by atoms with Crippen LogP contribution in [0.15, 0.2) is 101 Å². The summed E-state index contributed by atoms with van der Waals surface area (Å²) in [5, 5.41) is 9.68. The summed E-state index contributed by atoms with van der Waals surface area (Å²) in [6.07, 6.45) is -0.452. The Morgan fingerprint density at radius 1 is 0.961 bits per heavy atom. The molecule has 4 aromatic rings. The minimum atomic E-state index is -3.86. The second kappa shape index (κ2) is 17.3. The average Bonchev–Trinajstić information content (AvgIpc) is 3.53. The number of amides is 1. The third-order valence-corrected chi connectivity index (χ3v) is 10.6. The van der Waals surface area contributed by atoms with E-state index in [1.54, 1.807) is 80.9 Å². The number of ether oxygens (including phenoxy) is 4. The number of methoxy groups -OCH3 is 2. The molecule has 0 saturated carbocycles. The Hall–Kier alpha value is -4.33. The van der Waals surface area contributed by atoms with Gasteiger partial charge in [-0.15, -0.1) is 0 Å². The van der Waals surface area contributed by atoms with E-state index in [1.165, 1.54) is 18.2 Å². The molecule has 5 rings (SSSR count). The lowest BCUT2D eigenvalue weighted by Crippen LogP contribution is -2.53. The van der Waals surface area contributed by atoms with Crippen molar-refractivity contribution in [3.63, 3.8) is 0 Å². The number of hydrazine groups is 1. The summed E-state index contributed by atoms with van der Waals surface area (Å²) in [6.45, 7) is 0.627. The lowest BCUT2D eigenvalue weighted by molar-refractivity contribution is -0.130. The quantitative estimate of drug-likeness (QED) is 0.0906. The van der Waals surface area contributed by atoms with E-state index in [1.807, 2.05) is 6.07 Å². The van der Waals surface area contributed by atoms with E-state index >= 15 is 0 Å². The topological polar surface area (TPSA) is 145 Å². The summed E-state index contributed by atoms with van der Waals surface area (Å²) in [5.74, 6) is 0.945. The van der Waals surface area contributed by atoms with Gasteiger partial charge >= 0.3 is 0 Å². The van der Waals surface area contributed by atoms with Gasteiger partial charge in [0.15, 0.2) is 21.5 Å². The van der Waals surface area contributed by atoms with Gasteiger partial charge in [-0.3, -0.25) is 10.2 Å². The molecule has 51 heavy (non-hydrogen) atoms. The zero-order valence-corrected chi connectivity index (χ0v) is 30.4. The van der Waals surface area contributed by atoms with Crippen LogP contribution >= 0.6 is 23.2 Å². The molecule has 1 amide bonds. The second-order valence-electron chi connectivity index (χ2n) is 11.6. The molecule has 3 N–H and O–H groups in total. The maximum Gasteiger partial charge on any atom is 0.266 e. The zero-order valence-electron chi connectivity index (χ0n) is 28.1. The third-order valence-electron chi connectivity index (χ3n) is 8.34. The van der Waals surface area contributed by atoms with E-state index in [9.17, 15) is 13.2 Å². The lowest BCUT2D eigenvalue weighted by atomic mass is 9.85. The summed E-state index contributed by atoms with van der Waals surface area (Å²) in [4.78, 5) is 19.5. The Bertz CT molecular complexity index is 1950. The molecule has 1 heterocycles. The molecule has 0 aliphatic carbocycles. The second-order valence-corrected chi connectivity index (χ2v) is 14.6. The average molecular weight is 757 g/mol. The molecule has 2 atom stereocenters. The molecular formula is C37H39Cl2N3O8S. The van der Waals surface area contributed by atoms with Gasteiger partial charge in [0.2, 0.25) is 5.90 Å². The molecule has 0 aromatic heterocycles. The first kappa shape index (κ1) is 37.9. The number of benzene rings is 4. The van der Waals surface area contributed by atoms with Crippen molar-refractivity contribution in [2.24, 2.45) is 4.99 Å². The molecule has 4 aromatic carbocycles. The highest BCUT2D eigenvalue weighted by Crippen LogP contribution is 2.45. The molecule has 1 aliphatic rings. The van der Waals surface area contributed by atoms with E-state index in [0.29, 0.717) is 52.8 Å². The molecule has 0 fully saturated rings. The Balaban J connectivity index is 1.50. The number of halogens is 2. The fourth-order valence-corrected chi connectivity index (χ4v) is 7.52. The zero-order chi connectivity index (χ0) is 36.4. The van der Waals surface area contributed by atoms with Crippen LogP contribution in [0.3, 0.4) is 0 Å². The van der Waals surface area contributed by atoms with Gasteiger partial charge in [0.25, 0.3) is 5.91 Å². The van der Waals surface area contributed by atoms with Crippen molar-refractivity contribution in [1.29, 1.82) is 0 Å². The Morgan fingerprint density at radius 3 is 2.39 bits per heavy atom. The Morgan fingerprint density at radius 2 is 1.71 bits per heavy atom. The van der Waals surface area contributed by atoms with E-state index in [-0.39, 0.29) is 35.4 Å². The number of nitrogens with one attached hydrogen (secondary N) is 2. The molecular weight excluding hydrogens is 717 g/mol. The van der Waals surface area contributed by atoms with E-state index in [4.69, 9.17) is 52.2 Å². The molecule has 0 spiro atoms. The summed E-state index contributed by atoms with van der Waals surface area (Å²) in [6, 6.07) is 25.1. The van der Waals surface area contributed by atoms with Crippen LogP contribution < -0.4 is 25.1 Å². The smallest absolute Gasteiger partial charge is 0.266 e. The van der Waals surface area contributed by atoms with Gasteiger partial charge in [-0.25, -0.2) is 18.8 Å². The number of aliphatic imine (C=N–C) groups is 1. The minimum absolute atomic E-state index is 0.00552. The molecule has 270 valence electrons. The van der Waals surface area contributed by atoms with Gasteiger partial charge in [-0.1, -0.05) is 47.5 Å². The first-order valence-corrected chi connectivity index (χ1v) is 18.6. The normalized spacial score (nSPS) is 17.0. The maximum absolute atomic E-state index is 14.5. The van der Waals surface area contributed by atoms with Gasteiger partial charge < -0.3 is 24.1 Å². The lowest BCUT2D eigenvalue weighted by Gasteiger charge is -2.31. The molecule has 11 nitrogen and oxygen atoms in total. The molecule has 0 radical (unpaired) electrons. The summed E-state index contributed by atoms with van der Waals surface area (Å²) >= 11 is 13.0. The predicted molar refractivity (Wildman–Crippen MR) is 196 cm³/mol. The minimum Gasteiger partial charge on any atom is -0.497 e. The van der Waals surface area contributed by atoms with Crippen molar-refractivity contribution >= 4 is 44.8 Å². The number of sulfone groups is 1. The number of aliphatic hydroxyl groups is 1. The van der Waals surface area contributed by atoms with E-state index < -0.39 is 33.1 Å². The molecule has 0 unspecified atom stereocenters. The first-order valence-electron chi connectivity index (χ1n) is 16.2. The number of nitrogens with zero attached hydrogens (tertiary/aromatic N) is 1. The van der Waals surface area contributed by atoms with E-state index in [2.05, 4.69) is 10.9 Å². The van der Waals surface area contributed by atoms with Crippen LogP contribution in [0.2, 0.25) is 10.0 Å². The van der Waals surface area contributed by atoms with E-state index in [0.717, 1.165) is 5.56 Å². The van der Waals surface area contributed by atoms with Crippen molar-refractivity contribution in [3.05, 3.63) is 118 Å². The highest BCUT2D eigenvalue weighted by atomic mass is 35.5. The molecule has 0 saturated heterocycles. The largest absolute Gasteiger partial charge is 0.497 e. The van der Waals surface area contributed by atoms with Crippen LogP contribution in [0.4, 0.5) is 0 Å². The SMILES string of the molecule is COc1ccc(OC)c(CCNNC(=O)[C@@]2(CCS(=O)(=O)c3ccccc3)N=C(c3ccc(OCCCO)cc3)O[C@H]2c2ccc(Cl)cc2Cl)c1. The van der Waals surface area contributed by atoms with Gasteiger partial charge in [0.1, 0.15) is 17.2 Å². The monoisotopic (exact) mass is 755 g/mol. The van der Waals surface area contributed by atoms with Crippen LogP contribution in [0, 0.1) is 0 Å². The highest BCUT2D eigenvalue weighted by molar-refractivity contribution is 7.91. The summed E-state index contributed by atoms with van der Waals surface area (Å²) in [5.41, 5.74) is 5.72. The number of aliphatic hydroxyl groups excluding tert-OH is 1. The predicted octanol–water partition coefficient (Wildman–Crippen LogP) is 5.76.